The van der Waals surface area contributed by atoms with Gasteiger partial charge in [-0.1, -0.05) is 41.4 Å². The fourth-order valence-corrected chi connectivity index (χ4v) is 5.72. The minimum absolute atomic E-state index is 0. The van der Waals surface area contributed by atoms with Gasteiger partial charge in [0.05, 0.1) is 26.8 Å². The Labute approximate surface area is 244 Å². The number of aromatic hydroxyl groups is 1. The van der Waals surface area contributed by atoms with E-state index >= 15 is 0 Å². The number of carbonyl (C=O) groups excluding carboxylic acids is 1. The van der Waals surface area contributed by atoms with Crippen LogP contribution in [0.3, 0.4) is 0 Å². The lowest BCUT2D eigenvalue weighted by Gasteiger charge is -2.17. The Bertz CT molecular complexity index is 1510. The number of phenolic OH excluding ortho intramolecular Hbond substituents is 1. The number of hydrogen-bond donors (Lipinski definition) is 2. The Balaban J connectivity index is 0.00000308. The predicted octanol–water partition coefficient (Wildman–Crippen LogP) is 8.31. The van der Waals surface area contributed by atoms with Crippen molar-refractivity contribution < 1.29 is 9.90 Å². The summed E-state index contributed by atoms with van der Waals surface area (Å²) in [7, 11) is 0. The van der Waals surface area contributed by atoms with Crippen LogP contribution in [0.4, 0.5) is 11.4 Å². The van der Waals surface area contributed by atoms with Crippen molar-refractivity contribution >= 4 is 63.7 Å². The molecule has 1 saturated heterocycles. The molecule has 1 aliphatic heterocycles. The topological polar surface area (TPSA) is 65.5 Å². The summed E-state index contributed by atoms with van der Waals surface area (Å²) < 4.78 is 0. The smallest absolute Gasteiger partial charge is 0.169 e. The van der Waals surface area contributed by atoms with E-state index in [0.717, 1.165) is 59.2 Å². The molecule has 0 amide bonds. The van der Waals surface area contributed by atoms with Crippen molar-refractivity contribution in [2.75, 3.05) is 25.0 Å². The van der Waals surface area contributed by atoms with E-state index < -0.39 is 0 Å². The number of Topliss-reactive ketones (excluding diaryl/α,β-unsaturated/α-hetero) is 1. The Morgan fingerprint density at radius 3 is 2.46 bits per heavy atom. The zero-order valence-electron chi connectivity index (χ0n) is 21.4. The number of fused-ring (bicyclic) bond motifs is 1. The van der Waals surface area contributed by atoms with Crippen LogP contribution in [-0.2, 0) is 6.42 Å². The molecule has 2 fully saturated rings. The normalized spacial score (nSPS) is 15.3. The third kappa shape index (κ3) is 6.02. The maximum Gasteiger partial charge on any atom is 0.169 e. The maximum atomic E-state index is 13.3. The second-order valence-electron chi connectivity index (χ2n) is 10.3. The van der Waals surface area contributed by atoms with Gasteiger partial charge in [-0.3, -0.25) is 9.78 Å². The van der Waals surface area contributed by atoms with Gasteiger partial charge >= 0.3 is 0 Å². The van der Waals surface area contributed by atoms with E-state index in [4.69, 9.17) is 23.2 Å². The summed E-state index contributed by atoms with van der Waals surface area (Å²) >= 11 is 12.4. The Kier molecular flexibility index (Phi) is 8.34. The van der Waals surface area contributed by atoms with Crippen LogP contribution in [0.15, 0.2) is 60.8 Å². The molecule has 202 valence electrons. The summed E-state index contributed by atoms with van der Waals surface area (Å²) in [4.78, 5) is 20.5. The van der Waals surface area contributed by atoms with Gasteiger partial charge in [-0.15, -0.1) is 12.4 Å². The number of phenols is 1. The second-order valence-corrected chi connectivity index (χ2v) is 11.1. The Morgan fingerprint density at radius 2 is 1.74 bits per heavy atom. The molecule has 0 atom stereocenters. The first-order valence-electron chi connectivity index (χ1n) is 13.2. The molecule has 1 aromatic heterocycles. The van der Waals surface area contributed by atoms with Crippen LogP contribution in [0.1, 0.15) is 41.6 Å². The van der Waals surface area contributed by atoms with E-state index in [2.05, 4.69) is 33.4 Å². The highest BCUT2D eigenvalue weighted by Crippen LogP contribution is 2.40. The van der Waals surface area contributed by atoms with E-state index in [1.165, 1.54) is 31.5 Å². The molecule has 5 nitrogen and oxygen atoms in total. The van der Waals surface area contributed by atoms with E-state index in [1.807, 2.05) is 24.3 Å². The van der Waals surface area contributed by atoms with E-state index in [1.54, 1.807) is 18.3 Å². The second kappa shape index (κ2) is 11.7. The molecule has 0 spiro atoms. The number of likely N-dealkylation sites (tertiary alicyclic amines) is 1. The molecule has 1 aliphatic carbocycles. The summed E-state index contributed by atoms with van der Waals surface area (Å²) in [5.41, 5.74) is 6.01. The number of anilines is 2. The molecule has 39 heavy (non-hydrogen) atoms. The summed E-state index contributed by atoms with van der Waals surface area (Å²) in [5, 5.41) is 14.8. The fraction of sp³-hybridized carbons (Fsp3) is 0.290. The molecule has 3 aromatic carbocycles. The summed E-state index contributed by atoms with van der Waals surface area (Å²) in [6.45, 7) is 3.44. The minimum atomic E-state index is -0.135. The van der Waals surface area contributed by atoms with Crippen LogP contribution in [-0.4, -0.2) is 40.4 Å². The molecule has 0 radical (unpaired) electrons. The third-order valence-corrected chi connectivity index (χ3v) is 8.12. The number of rotatable bonds is 8. The van der Waals surface area contributed by atoms with E-state index in [-0.39, 0.29) is 39.9 Å². The number of halogens is 3. The van der Waals surface area contributed by atoms with Crippen LogP contribution in [0.5, 0.6) is 5.75 Å². The zero-order chi connectivity index (χ0) is 26.2. The number of pyridine rings is 1. The van der Waals surface area contributed by atoms with Gasteiger partial charge in [0.1, 0.15) is 0 Å². The average Bonchev–Trinajstić information content (AvgIpc) is 3.65. The monoisotopic (exact) mass is 581 g/mol. The lowest BCUT2D eigenvalue weighted by Crippen LogP contribution is -2.21. The first-order chi connectivity index (χ1) is 18.5. The number of hydrogen-bond acceptors (Lipinski definition) is 5. The third-order valence-electron chi connectivity index (χ3n) is 7.54. The Morgan fingerprint density at radius 1 is 1.00 bits per heavy atom. The molecule has 2 aliphatic rings. The zero-order valence-corrected chi connectivity index (χ0v) is 23.8. The van der Waals surface area contributed by atoms with Gasteiger partial charge < -0.3 is 15.3 Å². The highest BCUT2D eigenvalue weighted by atomic mass is 35.5. The molecular formula is C31H30Cl3N3O2. The number of carbonyl (C=O) groups is 1. The fourth-order valence-electron chi connectivity index (χ4n) is 5.23. The highest BCUT2D eigenvalue weighted by molar-refractivity contribution is 6.37. The molecule has 6 rings (SSSR count). The molecular weight excluding hydrogens is 553 g/mol. The van der Waals surface area contributed by atoms with Gasteiger partial charge in [0.25, 0.3) is 0 Å². The Hall–Kier alpha value is -2.83. The van der Waals surface area contributed by atoms with Gasteiger partial charge in [-0.2, -0.15) is 0 Å². The number of benzene rings is 3. The van der Waals surface area contributed by atoms with Crippen LogP contribution in [0.25, 0.3) is 22.0 Å². The number of nitrogens with zero attached hydrogens (tertiary/aromatic N) is 2. The van der Waals surface area contributed by atoms with Crippen LogP contribution < -0.4 is 5.32 Å². The van der Waals surface area contributed by atoms with Crippen molar-refractivity contribution in [2.45, 2.75) is 32.1 Å². The van der Waals surface area contributed by atoms with Crippen molar-refractivity contribution in [1.29, 1.82) is 0 Å². The standard InChI is InChI=1S/C31H29Cl2N3O2.ClH/c32-26-16-22(17-27(33)31(26)38)21-8-9-28-24(15-21)29(25(18-34-28)30(37)20-6-7-20)35-23-5-3-4-19(14-23)10-13-36-11-1-2-12-36;/h3-5,8-9,14-18,20,38H,1-2,6-7,10-13H2,(H,34,35);1H. The van der Waals surface area contributed by atoms with Gasteiger partial charge in [-0.05, 0) is 98.3 Å². The first-order valence-corrected chi connectivity index (χ1v) is 14.0. The van der Waals surface area contributed by atoms with Crippen molar-refractivity contribution in [2.24, 2.45) is 5.92 Å². The molecule has 0 unspecified atom stereocenters. The van der Waals surface area contributed by atoms with Gasteiger partial charge in [-0.25, -0.2) is 0 Å². The SMILES string of the molecule is Cl.O=C(c1cnc2ccc(-c3cc(Cl)c(O)c(Cl)c3)cc2c1Nc1cccc(CCN2CCCC2)c1)C1CC1. The quantitative estimate of drug-likeness (QED) is 0.205. The van der Waals surface area contributed by atoms with E-state index in [9.17, 15) is 9.90 Å². The largest absolute Gasteiger partial charge is 0.505 e. The van der Waals surface area contributed by atoms with Crippen LogP contribution >= 0.6 is 35.6 Å². The molecule has 2 N–H and O–H groups in total. The molecule has 0 bridgehead atoms. The van der Waals surface area contributed by atoms with Crippen LogP contribution in [0.2, 0.25) is 10.0 Å². The highest BCUT2D eigenvalue weighted by Gasteiger charge is 2.32. The lowest BCUT2D eigenvalue weighted by atomic mass is 9.98. The van der Waals surface area contributed by atoms with Crippen molar-refractivity contribution in [3.05, 3.63) is 82.0 Å². The predicted molar refractivity (Wildman–Crippen MR) is 162 cm³/mol. The van der Waals surface area contributed by atoms with Gasteiger partial charge in [0, 0.05) is 29.7 Å². The lowest BCUT2D eigenvalue weighted by molar-refractivity contribution is 0.0968. The van der Waals surface area contributed by atoms with Crippen LogP contribution in [0, 0.1) is 5.92 Å². The number of nitrogens with one attached hydrogen (secondary N) is 1. The molecule has 1 saturated carbocycles. The number of aromatic nitrogens is 1. The van der Waals surface area contributed by atoms with Crippen molar-refractivity contribution in [1.82, 2.24) is 9.88 Å². The van der Waals surface area contributed by atoms with Crippen molar-refractivity contribution in [3.8, 4) is 16.9 Å². The minimum Gasteiger partial charge on any atom is -0.505 e. The summed E-state index contributed by atoms with van der Waals surface area (Å²) in [6.07, 6.45) is 7.13. The van der Waals surface area contributed by atoms with E-state index in [0.29, 0.717) is 5.56 Å². The van der Waals surface area contributed by atoms with Gasteiger partial charge in [0.2, 0.25) is 0 Å². The molecule has 4 aromatic rings. The summed E-state index contributed by atoms with van der Waals surface area (Å²) in [6, 6.07) is 17.7. The number of ketones is 1. The average molecular weight is 583 g/mol. The first kappa shape index (κ1) is 27.7. The summed E-state index contributed by atoms with van der Waals surface area (Å²) in [5.74, 6) is 0.0662. The maximum absolute atomic E-state index is 13.3. The molecule has 2 heterocycles. The van der Waals surface area contributed by atoms with Gasteiger partial charge in [0.15, 0.2) is 11.5 Å². The molecule has 8 heteroatoms. The van der Waals surface area contributed by atoms with Crippen molar-refractivity contribution in [3.63, 3.8) is 0 Å².